The van der Waals surface area contributed by atoms with Crippen LogP contribution in [0.5, 0.6) is 0 Å². The zero-order chi connectivity index (χ0) is 22.1. The fraction of sp³-hybridized carbons (Fsp3) is 0.609. The van der Waals surface area contributed by atoms with Crippen LogP contribution in [0.25, 0.3) is 11.0 Å². The number of hydrogen-bond acceptors (Lipinski definition) is 3. The summed E-state index contributed by atoms with van der Waals surface area (Å²) in [6.45, 7) is 10.4. The van der Waals surface area contributed by atoms with Crippen molar-refractivity contribution < 1.29 is 9.90 Å². The first-order valence-electron chi connectivity index (χ1n) is 10.5. The first-order valence-corrected chi connectivity index (χ1v) is 10.9. The van der Waals surface area contributed by atoms with Gasteiger partial charge in [-0.05, 0) is 48.1 Å². The predicted molar refractivity (Wildman–Crippen MR) is 119 cm³/mol. The van der Waals surface area contributed by atoms with Crippen molar-refractivity contribution in [3.05, 3.63) is 29.0 Å². The van der Waals surface area contributed by atoms with Gasteiger partial charge in [-0.25, -0.2) is 9.78 Å². The molecule has 30 heavy (non-hydrogen) atoms. The summed E-state index contributed by atoms with van der Waals surface area (Å²) in [6, 6.07) is 5.65. The molecule has 2 unspecified atom stereocenters. The van der Waals surface area contributed by atoms with E-state index in [1.807, 2.05) is 6.07 Å². The minimum atomic E-state index is -0.837. The Morgan fingerprint density at radius 2 is 2.20 bits per heavy atom. The van der Waals surface area contributed by atoms with Crippen LogP contribution in [-0.2, 0) is 6.54 Å². The second-order valence-electron chi connectivity index (χ2n) is 10.3. The van der Waals surface area contributed by atoms with Crippen molar-refractivity contribution in [1.29, 1.82) is 5.26 Å². The van der Waals surface area contributed by atoms with Gasteiger partial charge in [-0.1, -0.05) is 45.7 Å². The maximum Gasteiger partial charge on any atom is 0.407 e. The third-order valence-corrected chi connectivity index (χ3v) is 6.24. The second kappa shape index (κ2) is 8.47. The van der Waals surface area contributed by atoms with Crippen LogP contribution in [0.1, 0.15) is 58.9 Å². The Bertz CT molecular complexity index is 972. The molecule has 1 aromatic heterocycles. The van der Waals surface area contributed by atoms with Crippen molar-refractivity contribution in [2.75, 3.05) is 13.1 Å². The van der Waals surface area contributed by atoms with Crippen LogP contribution < -0.4 is 0 Å². The highest BCUT2D eigenvalue weighted by Crippen LogP contribution is 2.41. The highest BCUT2D eigenvalue weighted by Gasteiger charge is 2.35. The van der Waals surface area contributed by atoms with Gasteiger partial charge in [0.05, 0.1) is 28.5 Å². The second-order valence-corrected chi connectivity index (χ2v) is 10.7. The number of hydrogen-bond donors (Lipinski definition) is 1. The summed E-state index contributed by atoms with van der Waals surface area (Å²) < 4.78 is 2.09. The largest absolute Gasteiger partial charge is 0.465 e. The van der Waals surface area contributed by atoms with Crippen LogP contribution in [0.2, 0.25) is 5.02 Å². The monoisotopic (exact) mass is 430 g/mol. The van der Waals surface area contributed by atoms with Crippen molar-refractivity contribution in [3.8, 4) is 6.07 Å². The molecule has 1 aliphatic rings. The summed E-state index contributed by atoms with van der Waals surface area (Å²) >= 11 is 6.31. The van der Waals surface area contributed by atoms with Gasteiger partial charge in [0.2, 0.25) is 0 Å². The van der Waals surface area contributed by atoms with Crippen molar-refractivity contribution in [1.82, 2.24) is 14.5 Å². The van der Waals surface area contributed by atoms with Crippen LogP contribution in [-0.4, -0.2) is 38.7 Å². The van der Waals surface area contributed by atoms with Crippen molar-refractivity contribution >= 4 is 28.7 Å². The number of amides is 1. The van der Waals surface area contributed by atoms with Gasteiger partial charge in [-0.15, -0.1) is 0 Å². The van der Waals surface area contributed by atoms with Crippen LogP contribution >= 0.6 is 11.6 Å². The van der Waals surface area contributed by atoms with Gasteiger partial charge in [-0.3, -0.25) is 0 Å². The molecule has 0 aliphatic heterocycles. The molecule has 0 radical (unpaired) electrons. The Kier molecular flexibility index (Phi) is 6.33. The average molecular weight is 431 g/mol. The molecular formula is C23H31ClN4O2. The van der Waals surface area contributed by atoms with Gasteiger partial charge in [0.25, 0.3) is 0 Å². The van der Waals surface area contributed by atoms with E-state index in [1.165, 1.54) is 0 Å². The van der Waals surface area contributed by atoms with Crippen molar-refractivity contribution in [2.24, 2.45) is 16.7 Å². The highest BCUT2D eigenvalue weighted by molar-refractivity contribution is 6.35. The number of aromatic nitrogens is 2. The minimum absolute atomic E-state index is 0.0393. The quantitative estimate of drug-likeness (QED) is 0.651. The van der Waals surface area contributed by atoms with E-state index in [2.05, 4.69) is 43.3 Å². The molecule has 6 nitrogen and oxygen atoms in total. The van der Waals surface area contributed by atoms with E-state index < -0.39 is 6.09 Å². The topological polar surface area (TPSA) is 82.2 Å². The first-order chi connectivity index (χ1) is 14.0. The molecular weight excluding hydrogens is 400 g/mol. The lowest BCUT2D eigenvalue weighted by atomic mass is 9.70. The van der Waals surface area contributed by atoms with Crippen LogP contribution in [0.4, 0.5) is 4.79 Å². The Hall–Kier alpha value is -2.26. The molecule has 1 aliphatic carbocycles. The highest BCUT2D eigenvalue weighted by atomic mass is 35.5. The molecule has 1 amide bonds. The van der Waals surface area contributed by atoms with Crippen LogP contribution in [0.3, 0.4) is 0 Å². The summed E-state index contributed by atoms with van der Waals surface area (Å²) in [5.41, 5.74) is 2.10. The molecule has 1 N–H and O–H groups in total. The standard InChI is InChI=1S/C23H31ClN4O2/c1-22(2,3)13-27(21(29)30)12-16-6-5-7-23(4,10-16)14-28-15-26-20-18(24)8-17(11-25)9-19(20)28/h8-9,15-16H,5-7,10,12-14H2,1-4H3,(H,29,30). The third-order valence-electron chi connectivity index (χ3n) is 5.95. The molecule has 0 bridgehead atoms. The van der Waals surface area contributed by atoms with E-state index in [4.69, 9.17) is 11.6 Å². The molecule has 7 heteroatoms. The molecule has 0 spiro atoms. The number of carbonyl (C=O) groups is 1. The Labute approximate surface area is 183 Å². The van der Waals surface area contributed by atoms with E-state index in [0.717, 1.165) is 37.7 Å². The number of carboxylic acid groups (broad SMARTS) is 1. The summed E-state index contributed by atoms with van der Waals surface area (Å²) in [6.07, 6.45) is 5.15. The molecule has 1 saturated carbocycles. The SMILES string of the molecule is CC(C)(C)CN(CC1CCCC(C)(Cn2cnc3c(Cl)cc(C#N)cc32)C1)C(=O)O. The fourth-order valence-corrected chi connectivity index (χ4v) is 5.10. The Morgan fingerprint density at radius 3 is 2.83 bits per heavy atom. The number of halogens is 1. The summed E-state index contributed by atoms with van der Waals surface area (Å²) in [5, 5.41) is 19.4. The van der Waals surface area contributed by atoms with Crippen molar-refractivity contribution in [3.63, 3.8) is 0 Å². The minimum Gasteiger partial charge on any atom is -0.465 e. The van der Waals surface area contributed by atoms with Gasteiger partial charge in [0.15, 0.2) is 0 Å². The van der Waals surface area contributed by atoms with E-state index in [-0.39, 0.29) is 10.8 Å². The first kappa shape index (κ1) is 22.4. The van der Waals surface area contributed by atoms with E-state index in [1.54, 1.807) is 17.3 Å². The molecule has 162 valence electrons. The number of rotatable bonds is 5. The number of nitrogens with zero attached hydrogens (tertiary/aromatic N) is 4. The van der Waals surface area contributed by atoms with Gasteiger partial charge < -0.3 is 14.6 Å². The predicted octanol–water partition coefficient (Wildman–Crippen LogP) is 5.78. The number of benzene rings is 1. The fourth-order valence-electron chi connectivity index (χ4n) is 4.84. The maximum absolute atomic E-state index is 11.8. The number of imidazole rings is 1. The molecule has 1 aromatic carbocycles. The van der Waals surface area contributed by atoms with Crippen molar-refractivity contribution in [2.45, 2.75) is 59.9 Å². The third kappa shape index (κ3) is 5.26. The van der Waals surface area contributed by atoms with Crippen LogP contribution in [0, 0.1) is 28.1 Å². The molecule has 1 heterocycles. The molecule has 0 saturated heterocycles. The van der Waals surface area contributed by atoms with Gasteiger partial charge in [-0.2, -0.15) is 5.26 Å². The molecule has 3 rings (SSSR count). The number of nitriles is 1. The van der Waals surface area contributed by atoms with Gasteiger partial charge in [0.1, 0.15) is 5.52 Å². The normalized spacial score (nSPS) is 22.1. The lowest BCUT2D eigenvalue weighted by Gasteiger charge is -2.40. The lowest BCUT2D eigenvalue weighted by molar-refractivity contribution is 0.0824. The Morgan fingerprint density at radius 1 is 1.47 bits per heavy atom. The molecule has 2 aromatic rings. The van der Waals surface area contributed by atoms with E-state index >= 15 is 0 Å². The Balaban J connectivity index is 1.77. The molecule has 1 fully saturated rings. The van der Waals surface area contributed by atoms with Crippen LogP contribution in [0.15, 0.2) is 18.5 Å². The zero-order valence-corrected chi connectivity index (χ0v) is 19.0. The smallest absolute Gasteiger partial charge is 0.407 e. The summed E-state index contributed by atoms with van der Waals surface area (Å²) in [5.74, 6) is 0.343. The van der Waals surface area contributed by atoms with E-state index in [0.29, 0.717) is 35.1 Å². The average Bonchev–Trinajstić information content (AvgIpc) is 3.02. The van der Waals surface area contributed by atoms with Gasteiger partial charge in [0, 0.05) is 19.6 Å². The number of fused-ring (bicyclic) bond motifs is 1. The summed E-state index contributed by atoms with van der Waals surface area (Å²) in [7, 11) is 0. The maximum atomic E-state index is 11.8. The summed E-state index contributed by atoms with van der Waals surface area (Å²) in [4.78, 5) is 17.8. The molecule has 2 atom stereocenters. The van der Waals surface area contributed by atoms with E-state index in [9.17, 15) is 15.2 Å². The van der Waals surface area contributed by atoms with Gasteiger partial charge >= 0.3 is 6.09 Å². The zero-order valence-electron chi connectivity index (χ0n) is 18.3. The lowest BCUT2D eigenvalue weighted by Crippen LogP contribution is -2.42.